The van der Waals surface area contributed by atoms with Gasteiger partial charge >= 0.3 is 0 Å². The van der Waals surface area contributed by atoms with E-state index in [0.29, 0.717) is 6.04 Å². The molecule has 19 heavy (non-hydrogen) atoms. The van der Waals surface area contributed by atoms with Crippen molar-refractivity contribution < 1.29 is 0 Å². The molecule has 2 rings (SSSR count). The number of aryl methyl sites for hydroxylation is 1. The van der Waals surface area contributed by atoms with Crippen LogP contribution in [0.1, 0.15) is 64.0 Å². The molecule has 0 saturated heterocycles. The minimum absolute atomic E-state index is 0.691. The lowest BCUT2D eigenvalue weighted by atomic mass is 9.92. The third kappa shape index (κ3) is 3.10. The highest BCUT2D eigenvalue weighted by Crippen LogP contribution is 2.32. The molecule has 1 aliphatic rings. The maximum Gasteiger partial charge on any atom is 0.132 e. The van der Waals surface area contributed by atoms with Gasteiger partial charge in [0.05, 0.1) is 0 Å². The molecule has 1 aromatic rings. The van der Waals surface area contributed by atoms with Gasteiger partial charge in [-0.2, -0.15) is 0 Å². The first-order valence-electron chi connectivity index (χ1n) is 8.05. The van der Waals surface area contributed by atoms with Crippen molar-refractivity contribution in [3.63, 3.8) is 0 Å². The van der Waals surface area contributed by atoms with E-state index in [-0.39, 0.29) is 0 Å². The number of fused-ring (bicyclic) bond motifs is 1. The summed E-state index contributed by atoms with van der Waals surface area (Å²) < 4.78 is 0. The number of aromatic nitrogens is 1. The van der Waals surface area contributed by atoms with Gasteiger partial charge in [-0.3, -0.25) is 0 Å². The number of unbranched alkanes of at least 4 members (excludes halogenated alkanes) is 2. The van der Waals surface area contributed by atoms with E-state index in [1.165, 1.54) is 56.3 Å². The summed E-state index contributed by atoms with van der Waals surface area (Å²) in [7, 11) is 0. The zero-order chi connectivity index (χ0) is 13.7. The standard InChI is InChI=1S/C17H28N2/c1-4-7-8-9-14-12-13-18-17-16(14)11-10-15(5-2)19(17)6-3/h12-13,15H,4-11H2,1-3H3/t15-/m0/s1. The van der Waals surface area contributed by atoms with Gasteiger partial charge in [0.25, 0.3) is 0 Å². The molecular weight excluding hydrogens is 232 g/mol. The molecule has 2 nitrogen and oxygen atoms in total. The van der Waals surface area contributed by atoms with Gasteiger partial charge in [0.1, 0.15) is 5.82 Å². The molecule has 0 aromatic carbocycles. The Morgan fingerprint density at radius 1 is 1.26 bits per heavy atom. The number of hydrogen-bond acceptors (Lipinski definition) is 2. The molecule has 0 saturated carbocycles. The summed E-state index contributed by atoms with van der Waals surface area (Å²) in [5.41, 5.74) is 3.08. The van der Waals surface area contributed by atoms with Crippen molar-refractivity contribution in [3.8, 4) is 0 Å². The quantitative estimate of drug-likeness (QED) is 0.706. The maximum atomic E-state index is 4.68. The van der Waals surface area contributed by atoms with E-state index >= 15 is 0 Å². The largest absolute Gasteiger partial charge is 0.354 e. The van der Waals surface area contributed by atoms with Crippen molar-refractivity contribution in [2.45, 2.75) is 71.8 Å². The zero-order valence-electron chi connectivity index (χ0n) is 12.8. The average molecular weight is 260 g/mol. The molecule has 2 heteroatoms. The number of pyridine rings is 1. The van der Waals surface area contributed by atoms with Gasteiger partial charge in [0.15, 0.2) is 0 Å². The van der Waals surface area contributed by atoms with Crippen LogP contribution in [-0.2, 0) is 12.8 Å². The van der Waals surface area contributed by atoms with Gasteiger partial charge in [-0.05, 0) is 56.2 Å². The summed E-state index contributed by atoms with van der Waals surface area (Å²) in [5, 5.41) is 0. The summed E-state index contributed by atoms with van der Waals surface area (Å²) >= 11 is 0. The summed E-state index contributed by atoms with van der Waals surface area (Å²) in [6.07, 6.45) is 10.9. The Kier molecular flexibility index (Phi) is 5.24. The van der Waals surface area contributed by atoms with Crippen molar-refractivity contribution in [3.05, 3.63) is 23.4 Å². The molecule has 1 aromatic heterocycles. The van der Waals surface area contributed by atoms with Gasteiger partial charge in [0, 0.05) is 18.8 Å². The second-order valence-corrected chi connectivity index (χ2v) is 5.62. The van der Waals surface area contributed by atoms with Gasteiger partial charge in [-0.25, -0.2) is 4.98 Å². The van der Waals surface area contributed by atoms with Crippen LogP contribution < -0.4 is 4.90 Å². The molecule has 0 bridgehead atoms. The topological polar surface area (TPSA) is 16.1 Å². The Hall–Kier alpha value is -1.05. The predicted octanol–water partition coefficient (Wildman–Crippen LogP) is 4.37. The summed E-state index contributed by atoms with van der Waals surface area (Å²) in [6, 6.07) is 2.94. The lowest BCUT2D eigenvalue weighted by Crippen LogP contribution is -2.39. The third-order valence-electron chi connectivity index (χ3n) is 4.43. The lowest BCUT2D eigenvalue weighted by molar-refractivity contribution is 0.512. The monoisotopic (exact) mass is 260 g/mol. The third-order valence-corrected chi connectivity index (χ3v) is 4.43. The number of nitrogens with zero attached hydrogens (tertiary/aromatic N) is 2. The number of anilines is 1. The SMILES string of the molecule is CCCCCc1ccnc2c1CC[C@H](CC)N2CC. The van der Waals surface area contributed by atoms with E-state index in [1.807, 2.05) is 6.20 Å². The Morgan fingerprint density at radius 3 is 2.79 bits per heavy atom. The molecule has 0 unspecified atom stereocenters. The molecule has 0 spiro atoms. The molecule has 0 radical (unpaired) electrons. The van der Waals surface area contributed by atoms with Gasteiger partial charge in [0.2, 0.25) is 0 Å². The zero-order valence-corrected chi connectivity index (χ0v) is 12.8. The van der Waals surface area contributed by atoms with E-state index in [4.69, 9.17) is 0 Å². The highest BCUT2D eigenvalue weighted by molar-refractivity contribution is 5.53. The smallest absolute Gasteiger partial charge is 0.132 e. The van der Waals surface area contributed by atoms with E-state index in [0.717, 1.165) is 6.54 Å². The Labute approximate surface area is 118 Å². The second-order valence-electron chi connectivity index (χ2n) is 5.62. The van der Waals surface area contributed by atoms with Crippen LogP contribution in [0.5, 0.6) is 0 Å². The molecule has 2 heterocycles. The van der Waals surface area contributed by atoms with Crippen LogP contribution in [0.25, 0.3) is 0 Å². The Bertz CT molecular complexity index is 400. The van der Waals surface area contributed by atoms with Crippen LogP contribution in [0.4, 0.5) is 5.82 Å². The van der Waals surface area contributed by atoms with E-state index in [2.05, 4.69) is 36.7 Å². The Morgan fingerprint density at radius 2 is 2.11 bits per heavy atom. The summed E-state index contributed by atoms with van der Waals surface area (Å²) in [4.78, 5) is 7.20. The van der Waals surface area contributed by atoms with Crippen LogP contribution >= 0.6 is 0 Å². The van der Waals surface area contributed by atoms with Crippen molar-refractivity contribution in [1.29, 1.82) is 0 Å². The van der Waals surface area contributed by atoms with Crippen LogP contribution in [-0.4, -0.2) is 17.6 Å². The minimum atomic E-state index is 0.691. The van der Waals surface area contributed by atoms with Crippen LogP contribution in [0.15, 0.2) is 12.3 Å². The summed E-state index contributed by atoms with van der Waals surface area (Å²) in [6.45, 7) is 7.90. The average Bonchev–Trinajstić information content (AvgIpc) is 2.46. The van der Waals surface area contributed by atoms with Gasteiger partial charge in [-0.15, -0.1) is 0 Å². The highest BCUT2D eigenvalue weighted by atomic mass is 15.2. The fourth-order valence-electron chi connectivity index (χ4n) is 3.31. The maximum absolute atomic E-state index is 4.68. The highest BCUT2D eigenvalue weighted by Gasteiger charge is 2.26. The van der Waals surface area contributed by atoms with Crippen molar-refractivity contribution >= 4 is 5.82 Å². The molecule has 0 aliphatic carbocycles. The fraction of sp³-hybridized carbons (Fsp3) is 0.706. The van der Waals surface area contributed by atoms with Crippen molar-refractivity contribution in [1.82, 2.24) is 4.98 Å². The lowest BCUT2D eigenvalue weighted by Gasteiger charge is -2.37. The molecule has 0 N–H and O–H groups in total. The Balaban J connectivity index is 2.22. The van der Waals surface area contributed by atoms with Gasteiger partial charge in [-0.1, -0.05) is 26.7 Å². The van der Waals surface area contributed by atoms with E-state index in [9.17, 15) is 0 Å². The molecule has 1 aliphatic heterocycles. The second kappa shape index (κ2) is 6.93. The molecular formula is C17H28N2. The van der Waals surface area contributed by atoms with E-state index in [1.54, 1.807) is 5.56 Å². The first-order chi connectivity index (χ1) is 9.31. The minimum Gasteiger partial charge on any atom is -0.354 e. The van der Waals surface area contributed by atoms with Crippen LogP contribution in [0.2, 0.25) is 0 Å². The molecule has 0 fully saturated rings. The first kappa shape index (κ1) is 14.4. The number of hydrogen-bond donors (Lipinski definition) is 0. The normalized spacial score (nSPS) is 18.5. The molecule has 106 valence electrons. The fourth-order valence-corrected chi connectivity index (χ4v) is 3.31. The summed E-state index contributed by atoms with van der Waals surface area (Å²) in [5.74, 6) is 1.27. The van der Waals surface area contributed by atoms with Crippen LogP contribution in [0, 0.1) is 0 Å². The van der Waals surface area contributed by atoms with Gasteiger partial charge < -0.3 is 4.90 Å². The molecule has 0 amide bonds. The molecule has 1 atom stereocenters. The predicted molar refractivity (Wildman–Crippen MR) is 82.9 cm³/mol. The van der Waals surface area contributed by atoms with E-state index < -0.39 is 0 Å². The van der Waals surface area contributed by atoms with Crippen molar-refractivity contribution in [2.24, 2.45) is 0 Å². The van der Waals surface area contributed by atoms with Crippen molar-refractivity contribution in [2.75, 3.05) is 11.4 Å². The first-order valence-corrected chi connectivity index (χ1v) is 8.05. The van der Waals surface area contributed by atoms with Crippen LogP contribution in [0.3, 0.4) is 0 Å². The number of rotatable bonds is 6.